The molecular formula is C10H13ClFN. The molecule has 1 aromatic rings. The van der Waals surface area contributed by atoms with Crippen molar-refractivity contribution in [2.75, 3.05) is 6.54 Å². The van der Waals surface area contributed by atoms with Gasteiger partial charge in [-0.05, 0) is 48.6 Å². The third-order valence-corrected chi connectivity index (χ3v) is 2.59. The number of fused-ring (bicyclic) bond motifs is 1. The second-order valence-corrected chi connectivity index (χ2v) is 3.31. The van der Waals surface area contributed by atoms with E-state index < -0.39 is 0 Å². The van der Waals surface area contributed by atoms with Gasteiger partial charge in [0.05, 0.1) is 0 Å². The molecule has 1 aromatic carbocycles. The molecule has 1 nitrogen and oxygen atoms in total. The Morgan fingerprint density at radius 2 is 2.23 bits per heavy atom. The largest absolute Gasteiger partial charge is 0.330 e. The summed E-state index contributed by atoms with van der Waals surface area (Å²) in [6, 6.07) is 5.02. The lowest BCUT2D eigenvalue weighted by Crippen LogP contribution is -2.09. The summed E-state index contributed by atoms with van der Waals surface area (Å²) >= 11 is 0. The van der Waals surface area contributed by atoms with E-state index >= 15 is 0 Å². The van der Waals surface area contributed by atoms with Crippen LogP contribution in [-0.2, 0) is 6.42 Å². The summed E-state index contributed by atoms with van der Waals surface area (Å²) < 4.78 is 12.8. The Morgan fingerprint density at radius 1 is 1.46 bits per heavy atom. The standard InChI is InChI=1S/C10H12FN.ClH/c11-9-3-4-10-7(5-9)1-2-8(10)6-12;/h3-5,8H,1-2,6,12H2;1H. The van der Waals surface area contributed by atoms with E-state index in [1.807, 2.05) is 6.07 Å². The summed E-state index contributed by atoms with van der Waals surface area (Å²) in [6.45, 7) is 0.679. The van der Waals surface area contributed by atoms with Crippen LogP contribution in [0.2, 0.25) is 0 Å². The monoisotopic (exact) mass is 201 g/mol. The minimum absolute atomic E-state index is 0. The van der Waals surface area contributed by atoms with Crippen LogP contribution >= 0.6 is 12.4 Å². The molecule has 2 N–H and O–H groups in total. The SMILES string of the molecule is Cl.NCC1CCc2cc(F)ccc21. The lowest BCUT2D eigenvalue weighted by atomic mass is 10.0. The number of rotatable bonds is 1. The van der Waals surface area contributed by atoms with Crippen LogP contribution in [0.15, 0.2) is 18.2 Å². The van der Waals surface area contributed by atoms with E-state index in [1.165, 1.54) is 11.6 Å². The Labute approximate surface area is 83.5 Å². The van der Waals surface area contributed by atoms with Crippen molar-refractivity contribution < 1.29 is 4.39 Å². The van der Waals surface area contributed by atoms with Gasteiger partial charge in [-0.1, -0.05) is 6.07 Å². The van der Waals surface area contributed by atoms with E-state index in [0.717, 1.165) is 18.4 Å². The van der Waals surface area contributed by atoms with Crippen LogP contribution in [0.4, 0.5) is 4.39 Å². The van der Waals surface area contributed by atoms with Crippen LogP contribution < -0.4 is 5.73 Å². The molecule has 0 fully saturated rings. The Balaban J connectivity index is 0.000000845. The van der Waals surface area contributed by atoms with Gasteiger partial charge < -0.3 is 5.73 Å². The highest BCUT2D eigenvalue weighted by atomic mass is 35.5. The lowest BCUT2D eigenvalue weighted by molar-refractivity contribution is 0.625. The van der Waals surface area contributed by atoms with Crippen LogP contribution in [0.3, 0.4) is 0 Å². The fourth-order valence-electron chi connectivity index (χ4n) is 1.92. The number of aryl methyl sites for hydroxylation is 1. The smallest absolute Gasteiger partial charge is 0.123 e. The molecule has 1 unspecified atom stereocenters. The van der Waals surface area contributed by atoms with Gasteiger partial charge in [-0.2, -0.15) is 0 Å². The second-order valence-electron chi connectivity index (χ2n) is 3.31. The predicted molar refractivity (Wildman–Crippen MR) is 53.8 cm³/mol. The summed E-state index contributed by atoms with van der Waals surface area (Å²) in [5.74, 6) is 0.326. The van der Waals surface area contributed by atoms with Crippen molar-refractivity contribution in [3.63, 3.8) is 0 Å². The van der Waals surface area contributed by atoms with Gasteiger partial charge in [-0.25, -0.2) is 4.39 Å². The summed E-state index contributed by atoms with van der Waals surface area (Å²) in [7, 11) is 0. The van der Waals surface area contributed by atoms with E-state index in [-0.39, 0.29) is 18.2 Å². The Hall–Kier alpha value is -0.600. The molecule has 1 atom stereocenters. The molecule has 0 amide bonds. The van der Waals surface area contributed by atoms with Gasteiger partial charge in [-0.3, -0.25) is 0 Å². The fraction of sp³-hybridized carbons (Fsp3) is 0.400. The zero-order chi connectivity index (χ0) is 8.55. The van der Waals surface area contributed by atoms with E-state index in [0.29, 0.717) is 12.5 Å². The number of hydrogen-bond donors (Lipinski definition) is 1. The van der Waals surface area contributed by atoms with Crippen molar-refractivity contribution in [2.24, 2.45) is 5.73 Å². The molecule has 0 aliphatic heterocycles. The second kappa shape index (κ2) is 4.07. The van der Waals surface area contributed by atoms with Crippen molar-refractivity contribution in [3.8, 4) is 0 Å². The first-order valence-electron chi connectivity index (χ1n) is 4.29. The summed E-state index contributed by atoms with van der Waals surface area (Å²) in [6.07, 6.45) is 2.06. The van der Waals surface area contributed by atoms with Crippen molar-refractivity contribution in [2.45, 2.75) is 18.8 Å². The molecule has 72 valence electrons. The molecule has 3 heteroatoms. The molecule has 0 spiro atoms. The maximum absolute atomic E-state index is 12.8. The topological polar surface area (TPSA) is 26.0 Å². The third kappa shape index (κ3) is 1.84. The van der Waals surface area contributed by atoms with Crippen LogP contribution in [-0.4, -0.2) is 6.54 Å². The molecule has 0 radical (unpaired) electrons. The minimum atomic E-state index is -0.133. The van der Waals surface area contributed by atoms with Crippen molar-refractivity contribution >= 4 is 12.4 Å². The highest BCUT2D eigenvalue weighted by Gasteiger charge is 2.20. The lowest BCUT2D eigenvalue weighted by Gasteiger charge is -2.06. The van der Waals surface area contributed by atoms with Crippen LogP contribution in [0.1, 0.15) is 23.5 Å². The summed E-state index contributed by atoms with van der Waals surface area (Å²) in [5.41, 5.74) is 7.99. The van der Waals surface area contributed by atoms with Crippen molar-refractivity contribution in [1.82, 2.24) is 0 Å². The van der Waals surface area contributed by atoms with Crippen LogP contribution in [0.25, 0.3) is 0 Å². The van der Waals surface area contributed by atoms with E-state index in [9.17, 15) is 4.39 Å². The average molecular weight is 202 g/mol. The van der Waals surface area contributed by atoms with E-state index in [1.54, 1.807) is 6.07 Å². The third-order valence-electron chi connectivity index (χ3n) is 2.59. The normalized spacial score (nSPS) is 19.4. The Bertz CT molecular complexity index is 301. The number of benzene rings is 1. The molecular weight excluding hydrogens is 189 g/mol. The molecule has 0 heterocycles. The molecule has 0 saturated carbocycles. The van der Waals surface area contributed by atoms with Crippen LogP contribution in [0.5, 0.6) is 0 Å². The number of halogens is 2. The molecule has 0 saturated heterocycles. The van der Waals surface area contributed by atoms with Gasteiger partial charge in [0.25, 0.3) is 0 Å². The Kier molecular flexibility index (Phi) is 3.28. The number of nitrogens with two attached hydrogens (primary N) is 1. The van der Waals surface area contributed by atoms with Crippen LogP contribution in [0, 0.1) is 5.82 Å². The van der Waals surface area contributed by atoms with Gasteiger partial charge in [0, 0.05) is 0 Å². The number of hydrogen-bond acceptors (Lipinski definition) is 1. The highest BCUT2D eigenvalue weighted by molar-refractivity contribution is 5.85. The van der Waals surface area contributed by atoms with E-state index in [4.69, 9.17) is 5.73 Å². The maximum Gasteiger partial charge on any atom is 0.123 e. The maximum atomic E-state index is 12.8. The molecule has 1 aliphatic carbocycles. The van der Waals surface area contributed by atoms with Gasteiger partial charge >= 0.3 is 0 Å². The molecule has 0 aromatic heterocycles. The average Bonchev–Trinajstić information content (AvgIpc) is 2.46. The van der Waals surface area contributed by atoms with Crippen molar-refractivity contribution in [3.05, 3.63) is 35.1 Å². The first-order chi connectivity index (χ1) is 5.81. The molecule has 1 aliphatic rings. The zero-order valence-corrected chi connectivity index (χ0v) is 8.11. The van der Waals surface area contributed by atoms with E-state index in [2.05, 4.69) is 0 Å². The van der Waals surface area contributed by atoms with Gasteiger partial charge in [0.2, 0.25) is 0 Å². The molecule has 0 bridgehead atoms. The first-order valence-corrected chi connectivity index (χ1v) is 4.29. The first kappa shape index (κ1) is 10.5. The van der Waals surface area contributed by atoms with Crippen molar-refractivity contribution in [1.29, 1.82) is 0 Å². The van der Waals surface area contributed by atoms with Gasteiger partial charge in [0.15, 0.2) is 0 Å². The molecule has 2 rings (SSSR count). The molecule has 13 heavy (non-hydrogen) atoms. The predicted octanol–water partition coefficient (Wildman–Crippen LogP) is 2.24. The quantitative estimate of drug-likeness (QED) is 0.741. The van der Waals surface area contributed by atoms with Gasteiger partial charge in [0.1, 0.15) is 5.82 Å². The highest BCUT2D eigenvalue weighted by Crippen LogP contribution is 2.32. The zero-order valence-electron chi connectivity index (χ0n) is 7.29. The summed E-state index contributed by atoms with van der Waals surface area (Å²) in [4.78, 5) is 0. The van der Waals surface area contributed by atoms with Gasteiger partial charge in [-0.15, -0.1) is 12.4 Å². The minimum Gasteiger partial charge on any atom is -0.330 e. The fourth-order valence-corrected chi connectivity index (χ4v) is 1.92. The summed E-state index contributed by atoms with van der Waals surface area (Å²) in [5, 5.41) is 0. The Morgan fingerprint density at radius 3 is 2.92 bits per heavy atom.